The van der Waals surface area contributed by atoms with E-state index in [1.807, 2.05) is 6.07 Å². The highest BCUT2D eigenvalue weighted by molar-refractivity contribution is 7.13. The van der Waals surface area contributed by atoms with Crippen LogP contribution in [0.1, 0.15) is 5.01 Å². The molecular formula is C9H8ClN3OS. The summed E-state index contributed by atoms with van der Waals surface area (Å²) in [7, 11) is 0. The molecule has 6 heteroatoms. The zero-order valence-electron chi connectivity index (χ0n) is 7.68. The number of hydrogen-bond donors (Lipinski definition) is 1. The van der Waals surface area contributed by atoms with Crippen LogP contribution in [0.25, 0.3) is 0 Å². The van der Waals surface area contributed by atoms with Gasteiger partial charge in [0.1, 0.15) is 10.8 Å². The van der Waals surface area contributed by atoms with Crippen molar-refractivity contribution in [3.8, 4) is 10.9 Å². The van der Waals surface area contributed by atoms with Crippen LogP contribution >= 0.6 is 22.9 Å². The number of benzene rings is 1. The molecular weight excluding hydrogens is 234 g/mol. The highest BCUT2D eigenvalue weighted by Crippen LogP contribution is 2.26. The number of aromatic nitrogens is 2. The Kier molecular flexibility index (Phi) is 3.15. The fourth-order valence-corrected chi connectivity index (χ4v) is 1.76. The Hall–Kier alpha value is -1.17. The van der Waals surface area contributed by atoms with E-state index >= 15 is 0 Å². The number of ether oxygens (including phenoxy) is 1. The molecule has 2 rings (SSSR count). The zero-order valence-corrected chi connectivity index (χ0v) is 9.26. The molecule has 1 aromatic heterocycles. The van der Waals surface area contributed by atoms with E-state index in [2.05, 4.69) is 10.2 Å². The molecule has 1 aromatic carbocycles. The Balaban J connectivity index is 2.14. The normalized spacial score (nSPS) is 10.3. The van der Waals surface area contributed by atoms with Gasteiger partial charge in [0.2, 0.25) is 0 Å². The Bertz CT molecular complexity index is 460. The SMILES string of the molecule is NCc1nnc(Oc2cccc(Cl)c2)s1. The lowest BCUT2D eigenvalue weighted by Gasteiger charge is -1.99. The lowest BCUT2D eigenvalue weighted by Crippen LogP contribution is -1.94. The predicted octanol–water partition coefficient (Wildman–Crippen LogP) is 2.44. The van der Waals surface area contributed by atoms with Gasteiger partial charge in [0.05, 0.1) is 0 Å². The van der Waals surface area contributed by atoms with Gasteiger partial charge in [0.15, 0.2) is 0 Å². The number of nitrogens with two attached hydrogens (primary N) is 1. The number of nitrogens with zero attached hydrogens (tertiary/aromatic N) is 2. The lowest BCUT2D eigenvalue weighted by atomic mass is 10.3. The van der Waals surface area contributed by atoms with Crippen molar-refractivity contribution in [1.82, 2.24) is 10.2 Å². The summed E-state index contributed by atoms with van der Waals surface area (Å²) in [6.45, 7) is 0.372. The fourth-order valence-electron chi connectivity index (χ4n) is 0.993. The van der Waals surface area contributed by atoms with E-state index in [0.717, 1.165) is 5.01 Å². The molecule has 0 spiro atoms. The maximum absolute atomic E-state index is 5.81. The van der Waals surface area contributed by atoms with Crippen LogP contribution in [-0.4, -0.2) is 10.2 Å². The van der Waals surface area contributed by atoms with Crippen molar-refractivity contribution in [3.05, 3.63) is 34.3 Å². The summed E-state index contributed by atoms with van der Waals surface area (Å²) in [5, 5.41) is 9.51. The molecule has 0 unspecified atom stereocenters. The highest BCUT2D eigenvalue weighted by Gasteiger charge is 2.04. The molecule has 0 amide bonds. The highest BCUT2D eigenvalue weighted by atomic mass is 35.5. The van der Waals surface area contributed by atoms with E-state index in [9.17, 15) is 0 Å². The Morgan fingerprint density at radius 3 is 2.93 bits per heavy atom. The first-order valence-electron chi connectivity index (χ1n) is 4.24. The van der Waals surface area contributed by atoms with Crippen LogP contribution in [0, 0.1) is 0 Å². The molecule has 2 aromatic rings. The molecule has 0 bridgehead atoms. The van der Waals surface area contributed by atoms with Crippen molar-refractivity contribution in [2.45, 2.75) is 6.54 Å². The Morgan fingerprint density at radius 2 is 2.27 bits per heavy atom. The van der Waals surface area contributed by atoms with E-state index < -0.39 is 0 Å². The molecule has 1 heterocycles. The zero-order chi connectivity index (χ0) is 10.7. The number of hydrogen-bond acceptors (Lipinski definition) is 5. The maximum atomic E-state index is 5.81. The molecule has 0 atom stereocenters. The first-order chi connectivity index (χ1) is 7.28. The van der Waals surface area contributed by atoms with E-state index in [1.165, 1.54) is 11.3 Å². The average Bonchev–Trinajstić information content (AvgIpc) is 2.65. The molecule has 0 fully saturated rings. The van der Waals surface area contributed by atoms with E-state index in [0.29, 0.717) is 22.5 Å². The van der Waals surface area contributed by atoms with Gasteiger partial charge in [0, 0.05) is 11.6 Å². The molecule has 2 N–H and O–H groups in total. The van der Waals surface area contributed by atoms with Crippen LogP contribution in [0.3, 0.4) is 0 Å². The largest absolute Gasteiger partial charge is 0.430 e. The first-order valence-corrected chi connectivity index (χ1v) is 5.43. The minimum Gasteiger partial charge on any atom is -0.430 e. The lowest BCUT2D eigenvalue weighted by molar-refractivity contribution is 0.473. The van der Waals surface area contributed by atoms with Crippen molar-refractivity contribution < 1.29 is 4.74 Å². The first kappa shape index (κ1) is 10.4. The van der Waals surface area contributed by atoms with Gasteiger partial charge >= 0.3 is 0 Å². The summed E-state index contributed by atoms with van der Waals surface area (Å²) in [4.78, 5) is 0. The van der Waals surface area contributed by atoms with E-state index in [4.69, 9.17) is 22.1 Å². The molecule has 0 radical (unpaired) electrons. The quantitative estimate of drug-likeness (QED) is 0.897. The van der Waals surface area contributed by atoms with Gasteiger partial charge in [0.25, 0.3) is 5.19 Å². The molecule has 15 heavy (non-hydrogen) atoms. The third-order valence-corrected chi connectivity index (χ3v) is 2.68. The van der Waals surface area contributed by atoms with Crippen molar-refractivity contribution in [2.75, 3.05) is 0 Å². The molecule has 0 aliphatic heterocycles. The molecule has 0 saturated carbocycles. The summed E-state index contributed by atoms with van der Waals surface area (Å²) in [6, 6.07) is 7.10. The van der Waals surface area contributed by atoms with Gasteiger partial charge in [-0.15, -0.1) is 5.10 Å². The second kappa shape index (κ2) is 4.57. The van der Waals surface area contributed by atoms with Crippen LogP contribution in [0.15, 0.2) is 24.3 Å². The van der Waals surface area contributed by atoms with E-state index in [-0.39, 0.29) is 0 Å². The van der Waals surface area contributed by atoms with Gasteiger partial charge in [-0.3, -0.25) is 0 Å². The van der Waals surface area contributed by atoms with Crippen molar-refractivity contribution in [2.24, 2.45) is 5.73 Å². The van der Waals surface area contributed by atoms with Crippen molar-refractivity contribution in [1.29, 1.82) is 0 Å². The monoisotopic (exact) mass is 241 g/mol. The smallest absolute Gasteiger partial charge is 0.299 e. The van der Waals surface area contributed by atoms with Crippen LogP contribution < -0.4 is 10.5 Å². The van der Waals surface area contributed by atoms with E-state index in [1.54, 1.807) is 18.2 Å². The minimum atomic E-state index is 0.372. The summed E-state index contributed by atoms with van der Waals surface area (Å²) in [5.74, 6) is 0.641. The number of halogens is 1. The third-order valence-electron chi connectivity index (χ3n) is 1.62. The predicted molar refractivity (Wildman–Crippen MR) is 59.3 cm³/mol. The topological polar surface area (TPSA) is 61.0 Å². The van der Waals surface area contributed by atoms with Crippen LogP contribution in [0.4, 0.5) is 0 Å². The summed E-state index contributed by atoms with van der Waals surface area (Å²) >= 11 is 7.13. The number of rotatable bonds is 3. The molecule has 4 nitrogen and oxygen atoms in total. The average molecular weight is 242 g/mol. The van der Waals surface area contributed by atoms with Crippen LogP contribution in [-0.2, 0) is 6.54 Å². The summed E-state index contributed by atoms with van der Waals surface area (Å²) < 4.78 is 5.45. The Morgan fingerprint density at radius 1 is 1.40 bits per heavy atom. The molecule has 78 valence electrons. The van der Waals surface area contributed by atoms with Gasteiger partial charge < -0.3 is 10.5 Å². The van der Waals surface area contributed by atoms with Crippen LogP contribution in [0.2, 0.25) is 5.02 Å². The summed E-state index contributed by atoms with van der Waals surface area (Å²) in [6.07, 6.45) is 0. The molecule has 0 aliphatic rings. The second-order valence-corrected chi connectivity index (χ2v) is 4.19. The maximum Gasteiger partial charge on any atom is 0.299 e. The molecule has 0 aliphatic carbocycles. The summed E-state index contributed by atoms with van der Waals surface area (Å²) in [5.41, 5.74) is 5.41. The Labute approximate surface area is 95.7 Å². The minimum absolute atomic E-state index is 0.372. The van der Waals surface area contributed by atoms with Gasteiger partial charge in [-0.2, -0.15) is 0 Å². The van der Waals surface area contributed by atoms with Crippen molar-refractivity contribution >= 4 is 22.9 Å². The standard InChI is InChI=1S/C9H8ClN3OS/c10-6-2-1-3-7(4-6)14-9-13-12-8(5-11)15-9/h1-4H,5,11H2. The second-order valence-electron chi connectivity index (χ2n) is 2.73. The van der Waals surface area contributed by atoms with Crippen molar-refractivity contribution in [3.63, 3.8) is 0 Å². The fraction of sp³-hybridized carbons (Fsp3) is 0.111. The van der Waals surface area contributed by atoms with Crippen LogP contribution in [0.5, 0.6) is 10.9 Å². The van der Waals surface area contributed by atoms with Gasteiger partial charge in [-0.25, -0.2) is 0 Å². The van der Waals surface area contributed by atoms with Gasteiger partial charge in [-0.05, 0) is 18.2 Å². The van der Waals surface area contributed by atoms with Gasteiger partial charge in [-0.1, -0.05) is 34.1 Å². The molecule has 0 saturated heterocycles. The third kappa shape index (κ3) is 2.65.